The van der Waals surface area contributed by atoms with Crippen LogP contribution in [-0.4, -0.2) is 39.5 Å². The van der Waals surface area contributed by atoms with Crippen LogP contribution in [0.5, 0.6) is 0 Å². The number of aliphatic hydroxyl groups excluding tert-OH is 1. The van der Waals surface area contributed by atoms with Gasteiger partial charge in [-0.15, -0.1) is 0 Å². The number of amides is 2. The van der Waals surface area contributed by atoms with Gasteiger partial charge in [-0.1, -0.05) is 23.7 Å². The highest BCUT2D eigenvalue weighted by atomic mass is 35.5. The lowest BCUT2D eigenvalue weighted by atomic mass is 10.0. The molecule has 1 aliphatic rings. The molecule has 1 aromatic heterocycles. The summed E-state index contributed by atoms with van der Waals surface area (Å²) in [5, 5.41) is 30.2. The van der Waals surface area contributed by atoms with Gasteiger partial charge in [0.25, 0.3) is 0 Å². The van der Waals surface area contributed by atoms with Gasteiger partial charge in [-0.3, -0.25) is 4.90 Å². The summed E-state index contributed by atoms with van der Waals surface area (Å²) in [6, 6.07) is 11.7. The van der Waals surface area contributed by atoms with Gasteiger partial charge in [-0.05, 0) is 50.6 Å². The number of urea groups is 1. The fourth-order valence-corrected chi connectivity index (χ4v) is 4.31. The van der Waals surface area contributed by atoms with E-state index in [4.69, 9.17) is 22.3 Å². The minimum Gasteiger partial charge on any atom is -0.382 e. The van der Waals surface area contributed by atoms with Gasteiger partial charge < -0.3 is 26.8 Å². The van der Waals surface area contributed by atoms with E-state index in [9.17, 15) is 15.2 Å². The predicted molar refractivity (Wildman–Crippen MR) is 144 cm³/mol. The normalized spacial score (nSPS) is 15.2. The molecule has 0 fully saturated rings. The highest BCUT2D eigenvalue weighted by molar-refractivity contribution is 6.32. The number of carbonyl (C=O) groups is 1. The summed E-state index contributed by atoms with van der Waals surface area (Å²) >= 11 is 6.47. The number of nitrogens with two attached hydrogens (primary N) is 1. The van der Waals surface area contributed by atoms with Crippen molar-refractivity contribution in [2.75, 3.05) is 27.8 Å². The molecule has 0 aliphatic carbocycles. The molecule has 2 heterocycles. The number of anilines is 4. The second-order valence-corrected chi connectivity index (χ2v) is 8.74. The first-order chi connectivity index (χ1) is 17.7. The Kier molecular flexibility index (Phi) is 7.42. The number of amidine groups is 1. The van der Waals surface area contributed by atoms with Gasteiger partial charge in [0.1, 0.15) is 35.4 Å². The van der Waals surface area contributed by atoms with Gasteiger partial charge in [0.15, 0.2) is 6.23 Å². The molecular weight excluding hydrogens is 494 g/mol. The molecule has 1 aliphatic heterocycles. The van der Waals surface area contributed by atoms with E-state index in [2.05, 4.69) is 25.9 Å². The van der Waals surface area contributed by atoms with Gasteiger partial charge >= 0.3 is 6.03 Å². The third kappa shape index (κ3) is 5.11. The molecule has 37 heavy (non-hydrogen) atoms. The average Bonchev–Trinajstić information content (AvgIpc) is 2.85. The van der Waals surface area contributed by atoms with Crippen LogP contribution < -0.4 is 26.6 Å². The monoisotopic (exact) mass is 519 g/mol. The lowest BCUT2D eigenvalue weighted by Gasteiger charge is -2.39. The molecule has 2 atom stereocenters. The van der Waals surface area contributed by atoms with Crippen LogP contribution in [0, 0.1) is 18.3 Å². The predicted octanol–water partition coefficient (Wildman–Crippen LogP) is 4.08. The molecule has 2 amide bonds. The van der Waals surface area contributed by atoms with Crippen molar-refractivity contribution in [3.8, 4) is 6.07 Å². The number of aliphatic imine (C=N–C) groups is 1. The molecular formula is C25H26ClN9O2. The number of nitrogens with one attached hydrogen (secondary N) is 3. The third-order valence-electron chi connectivity index (χ3n) is 5.81. The van der Waals surface area contributed by atoms with Crippen molar-refractivity contribution in [3.05, 3.63) is 64.4 Å². The Bertz CT molecular complexity index is 1420. The largest absolute Gasteiger partial charge is 0.382 e. The van der Waals surface area contributed by atoms with Gasteiger partial charge in [-0.2, -0.15) is 5.26 Å². The van der Waals surface area contributed by atoms with E-state index in [0.717, 1.165) is 5.56 Å². The standard InChI is InChI=1S/C25H26ClN9O2/c1-4-29-25(37)33-15-9-8-13(2)19(10-15)35-23(34-18-7-5-6-17(26)20(18)24(35)36)14(3)32-22-16(11-27)21(28)30-12-31-22/h5-10,12,14,24,36H,4H2,1-3H3,(H2,29,33,37)(H3,28,30,31,32)/t14-,24?/m0/s1. The number of fused-ring (bicyclic) bond motifs is 1. The zero-order valence-electron chi connectivity index (χ0n) is 20.5. The molecule has 3 aromatic rings. The van der Waals surface area contributed by atoms with Crippen molar-refractivity contribution in [1.82, 2.24) is 15.3 Å². The number of carbonyl (C=O) groups excluding carboxylic acids is 1. The number of hydrogen-bond donors (Lipinski definition) is 5. The molecule has 0 saturated carbocycles. The van der Waals surface area contributed by atoms with E-state index < -0.39 is 12.3 Å². The fourth-order valence-electron chi connectivity index (χ4n) is 4.04. The molecule has 6 N–H and O–H groups in total. The van der Waals surface area contributed by atoms with Crippen molar-refractivity contribution < 1.29 is 9.90 Å². The lowest BCUT2D eigenvalue weighted by Crippen LogP contribution is -2.46. The maximum absolute atomic E-state index is 12.1. The minimum absolute atomic E-state index is 0.0479. The Morgan fingerprint density at radius 3 is 2.84 bits per heavy atom. The van der Waals surface area contributed by atoms with Crippen molar-refractivity contribution in [2.24, 2.45) is 4.99 Å². The number of nitrogens with zero attached hydrogens (tertiary/aromatic N) is 5. The van der Waals surface area contributed by atoms with Crippen molar-refractivity contribution >= 4 is 52.2 Å². The van der Waals surface area contributed by atoms with Gasteiger partial charge in [-0.25, -0.2) is 19.8 Å². The van der Waals surface area contributed by atoms with Gasteiger partial charge in [0, 0.05) is 17.8 Å². The van der Waals surface area contributed by atoms with Crippen LogP contribution in [0.3, 0.4) is 0 Å². The van der Waals surface area contributed by atoms with Crippen LogP contribution in [-0.2, 0) is 0 Å². The van der Waals surface area contributed by atoms with Crippen molar-refractivity contribution in [3.63, 3.8) is 0 Å². The Labute approximate surface area is 219 Å². The molecule has 0 saturated heterocycles. The molecule has 190 valence electrons. The van der Waals surface area contributed by atoms with Crippen LogP contribution in [0.25, 0.3) is 0 Å². The van der Waals surface area contributed by atoms with Gasteiger partial charge in [0.2, 0.25) is 0 Å². The zero-order valence-corrected chi connectivity index (χ0v) is 21.2. The summed E-state index contributed by atoms with van der Waals surface area (Å²) < 4.78 is 0. The Morgan fingerprint density at radius 2 is 2.11 bits per heavy atom. The summed E-state index contributed by atoms with van der Waals surface area (Å²) in [6.45, 7) is 6.00. The number of aromatic nitrogens is 2. The summed E-state index contributed by atoms with van der Waals surface area (Å²) in [7, 11) is 0. The quantitative estimate of drug-likeness (QED) is 0.325. The number of aliphatic hydroxyl groups is 1. The number of benzene rings is 2. The Hall–Kier alpha value is -4.40. The minimum atomic E-state index is -1.19. The second-order valence-electron chi connectivity index (χ2n) is 8.33. The van der Waals surface area contributed by atoms with E-state index in [-0.39, 0.29) is 23.2 Å². The molecule has 0 radical (unpaired) electrons. The molecule has 0 bridgehead atoms. The lowest BCUT2D eigenvalue weighted by molar-refractivity contribution is 0.186. The molecule has 4 rings (SSSR count). The Morgan fingerprint density at radius 1 is 1.32 bits per heavy atom. The highest BCUT2D eigenvalue weighted by Crippen LogP contribution is 2.42. The van der Waals surface area contributed by atoms with E-state index in [0.29, 0.717) is 40.0 Å². The number of nitriles is 1. The van der Waals surface area contributed by atoms with Crippen LogP contribution in [0.2, 0.25) is 5.02 Å². The third-order valence-corrected chi connectivity index (χ3v) is 6.14. The summed E-state index contributed by atoms with van der Waals surface area (Å²) in [4.78, 5) is 26.6. The number of aryl methyl sites for hydroxylation is 1. The average molecular weight is 520 g/mol. The summed E-state index contributed by atoms with van der Waals surface area (Å²) in [5.74, 6) is 0.716. The molecule has 11 nitrogen and oxygen atoms in total. The first-order valence-corrected chi connectivity index (χ1v) is 11.9. The van der Waals surface area contributed by atoms with E-state index in [1.165, 1.54) is 6.33 Å². The van der Waals surface area contributed by atoms with Crippen LogP contribution in [0.4, 0.5) is 33.5 Å². The zero-order chi connectivity index (χ0) is 26.7. The molecule has 2 aromatic carbocycles. The molecule has 1 unspecified atom stereocenters. The maximum Gasteiger partial charge on any atom is 0.319 e. The van der Waals surface area contributed by atoms with Crippen LogP contribution in [0.15, 0.2) is 47.7 Å². The van der Waals surface area contributed by atoms with E-state index in [1.807, 2.05) is 32.9 Å². The summed E-state index contributed by atoms with van der Waals surface area (Å²) in [5.41, 5.74) is 8.86. The molecule has 12 heteroatoms. The SMILES string of the molecule is CCNC(=O)Nc1ccc(C)c(N2C([C@H](C)Nc3ncnc(N)c3C#N)=Nc3cccc(Cl)c3C2O)c1. The Balaban J connectivity index is 1.81. The maximum atomic E-state index is 12.1. The topological polar surface area (TPSA) is 165 Å². The fraction of sp³-hybridized carbons (Fsp3) is 0.240. The van der Waals surface area contributed by atoms with Crippen LogP contribution >= 0.6 is 11.6 Å². The highest BCUT2D eigenvalue weighted by Gasteiger charge is 2.35. The second kappa shape index (κ2) is 10.7. The first kappa shape index (κ1) is 25.7. The van der Waals surface area contributed by atoms with Crippen molar-refractivity contribution in [2.45, 2.75) is 33.0 Å². The molecule has 0 spiro atoms. The summed E-state index contributed by atoms with van der Waals surface area (Å²) in [6.07, 6.45) is 0.0701. The van der Waals surface area contributed by atoms with Crippen LogP contribution in [0.1, 0.15) is 36.8 Å². The van der Waals surface area contributed by atoms with E-state index in [1.54, 1.807) is 35.2 Å². The van der Waals surface area contributed by atoms with Gasteiger partial charge in [0.05, 0.1) is 22.4 Å². The first-order valence-electron chi connectivity index (χ1n) is 11.5. The number of halogens is 1. The smallest absolute Gasteiger partial charge is 0.319 e. The van der Waals surface area contributed by atoms with E-state index >= 15 is 0 Å². The number of nitrogen functional groups attached to an aromatic ring is 1. The number of rotatable bonds is 6. The van der Waals surface area contributed by atoms with Crippen molar-refractivity contribution in [1.29, 1.82) is 5.26 Å². The number of hydrogen-bond acceptors (Lipinski definition) is 9.